The Morgan fingerprint density at radius 2 is 2.15 bits per heavy atom. The third-order valence-electron chi connectivity index (χ3n) is 5.14. The molecule has 0 radical (unpaired) electrons. The molecule has 0 bridgehead atoms. The second-order valence-corrected chi connectivity index (χ2v) is 8.26. The summed E-state index contributed by atoms with van der Waals surface area (Å²) < 4.78 is 0. The van der Waals surface area contributed by atoms with Gasteiger partial charge in [-0.25, -0.2) is 0 Å². The number of aliphatic imine (C=N–C) groups is 1. The molecule has 1 aromatic carbocycles. The fourth-order valence-electron chi connectivity index (χ4n) is 3.66. The molecule has 1 fully saturated rings. The van der Waals surface area contributed by atoms with E-state index in [9.17, 15) is 4.79 Å². The van der Waals surface area contributed by atoms with Crippen LogP contribution in [-0.4, -0.2) is 61.0 Å². The van der Waals surface area contributed by atoms with Crippen LogP contribution in [0.5, 0.6) is 0 Å². The van der Waals surface area contributed by atoms with Gasteiger partial charge in [0.15, 0.2) is 5.96 Å². The number of hydrogen-bond acceptors (Lipinski definition) is 3. The first-order chi connectivity index (χ1) is 12.7. The van der Waals surface area contributed by atoms with Crippen molar-refractivity contribution in [2.24, 2.45) is 4.99 Å². The van der Waals surface area contributed by atoms with Crippen molar-refractivity contribution in [3.8, 4) is 0 Å². The molecule has 7 heteroatoms. The number of nitrogens with one attached hydrogen (secondary N) is 1. The van der Waals surface area contributed by atoms with Crippen LogP contribution in [0.3, 0.4) is 0 Å². The van der Waals surface area contributed by atoms with E-state index in [0.717, 1.165) is 56.4 Å². The number of benzene rings is 1. The molecular formula is C20H31IN4OS. The van der Waals surface area contributed by atoms with Gasteiger partial charge in [-0.2, -0.15) is 11.8 Å². The lowest BCUT2D eigenvalue weighted by Crippen LogP contribution is -2.48. The van der Waals surface area contributed by atoms with E-state index in [0.29, 0.717) is 11.7 Å². The lowest BCUT2D eigenvalue weighted by atomic mass is 10.2. The summed E-state index contributed by atoms with van der Waals surface area (Å²) in [6, 6.07) is 8.23. The zero-order valence-electron chi connectivity index (χ0n) is 16.3. The number of fused-ring (bicyclic) bond motifs is 1. The molecule has 150 valence electrons. The van der Waals surface area contributed by atoms with Crippen molar-refractivity contribution in [2.45, 2.75) is 37.9 Å². The molecule has 2 heterocycles. The molecule has 1 N–H and O–H groups in total. The maximum Gasteiger partial charge on any atom is 0.227 e. The number of thioether (sulfide) groups is 1. The Labute approximate surface area is 184 Å². The Bertz CT molecular complexity index is 655. The summed E-state index contributed by atoms with van der Waals surface area (Å²) in [7, 11) is 1.84. The molecule has 2 aliphatic heterocycles. The summed E-state index contributed by atoms with van der Waals surface area (Å²) >= 11 is 2.06. The van der Waals surface area contributed by atoms with Gasteiger partial charge in [0.2, 0.25) is 5.91 Å². The van der Waals surface area contributed by atoms with Gasteiger partial charge in [-0.15, -0.1) is 24.0 Å². The molecule has 1 saturated heterocycles. The highest BCUT2D eigenvalue weighted by Crippen LogP contribution is 2.28. The molecule has 0 spiro atoms. The first-order valence-electron chi connectivity index (χ1n) is 9.68. The second kappa shape index (κ2) is 11.1. The van der Waals surface area contributed by atoms with E-state index < -0.39 is 0 Å². The average molecular weight is 502 g/mol. The molecule has 0 aromatic heterocycles. The molecular weight excluding hydrogens is 471 g/mol. The Morgan fingerprint density at radius 1 is 1.33 bits per heavy atom. The van der Waals surface area contributed by atoms with Crippen LogP contribution in [0.2, 0.25) is 0 Å². The van der Waals surface area contributed by atoms with Crippen LogP contribution < -0.4 is 10.2 Å². The van der Waals surface area contributed by atoms with Crippen molar-refractivity contribution in [1.29, 1.82) is 0 Å². The number of carbonyl (C=O) groups excluding carboxylic acids is 1. The number of nitrogens with zero attached hydrogens (tertiary/aromatic N) is 3. The summed E-state index contributed by atoms with van der Waals surface area (Å²) in [6.45, 7) is 5.96. The maximum atomic E-state index is 12.6. The van der Waals surface area contributed by atoms with Gasteiger partial charge in [0.1, 0.15) is 0 Å². The number of para-hydroxylation sites is 1. The molecule has 0 saturated carbocycles. The molecule has 3 rings (SSSR count). The lowest BCUT2D eigenvalue weighted by molar-refractivity contribution is -0.118. The van der Waals surface area contributed by atoms with Crippen LogP contribution >= 0.6 is 35.7 Å². The zero-order valence-corrected chi connectivity index (χ0v) is 19.5. The number of amides is 1. The van der Waals surface area contributed by atoms with Crippen molar-refractivity contribution in [1.82, 2.24) is 10.2 Å². The van der Waals surface area contributed by atoms with Crippen LogP contribution in [-0.2, 0) is 11.2 Å². The van der Waals surface area contributed by atoms with E-state index in [4.69, 9.17) is 0 Å². The normalized spacial score (nSPS) is 19.5. The van der Waals surface area contributed by atoms with Gasteiger partial charge in [0, 0.05) is 56.3 Å². The van der Waals surface area contributed by atoms with Gasteiger partial charge in [0.25, 0.3) is 0 Å². The molecule has 1 aromatic rings. The number of carbonyl (C=O) groups is 1. The summed E-state index contributed by atoms with van der Waals surface area (Å²) in [5.74, 6) is 2.36. The summed E-state index contributed by atoms with van der Waals surface area (Å²) in [5, 5.41) is 4.14. The smallest absolute Gasteiger partial charge is 0.227 e. The largest absolute Gasteiger partial charge is 0.356 e. The Balaban J connectivity index is 0.00000261. The van der Waals surface area contributed by atoms with E-state index >= 15 is 0 Å². The minimum atomic E-state index is 0. The van der Waals surface area contributed by atoms with Crippen LogP contribution in [0.15, 0.2) is 29.3 Å². The first kappa shape index (κ1) is 22.3. The van der Waals surface area contributed by atoms with E-state index in [1.165, 1.54) is 12.0 Å². The molecule has 27 heavy (non-hydrogen) atoms. The van der Waals surface area contributed by atoms with Crippen LogP contribution in [0, 0.1) is 0 Å². The SMILES string of the molecule is CCC1CN(C(=NC)NCCCC(=O)N2CCc3ccccc32)CCS1.I. The quantitative estimate of drug-likeness (QED) is 0.290. The number of anilines is 1. The van der Waals surface area contributed by atoms with E-state index in [2.05, 4.69) is 46.0 Å². The number of guanidine groups is 1. The number of rotatable bonds is 5. The molecule has 5 nitrogen and oxygen atoms in total. The van der Waals surface area contributed by atoms with Crippen molar-refractivity contribution in [3.05, 3.63) is 29.8 Å². The minimum Gasteiger partial charge on any atom is -0.356 e. The van der Waals surface area contributed by atoms with Crippen molar-refractivity contribution in [3.63, 3.8) is 0 Å². The number of halogens is 1. The third kappa shape index (κ3) is 5.76. The van der Waals surface area contributed by atoms with Crippen LogP contribution in [0.1, 0.15) is 31.7 Å². The van der Waals surface area contributed by atoms with E-state index in [-0.39, 0.29) is 29.9 Å². The number of hydrogen-bond donors (Lipinski definition) is 1. The van der Waals surface area contributed by atoms with Crippen molar-refractivity contribution >= 4 is 53.3 Å². The topological polar surface area (TPSA) is 47.9 Å². The first-order valence-corrected chi connectivity index (χ1v) is 10.7. The highest BCUT2D eigenvalue weighted by atomic mass is 127. The van der Waals surface area contributed by atoms with Gasteiger partial charge in [-0.05, 0) is 30.9 Å². The fraction of sp³-hybridized carbons (Fsp3) is 0.600. The van der Waals surface area contributed by atoms with Gasteiger partial charge in [-0.3, -0.25) is 9.79 Å². The summed E-state index contributed by atoms with van der Waals surface area (Å²) in [5.41, 5.74) is 2.38. The highest BCUT2D eigenvalue weighted by molar-refractivity contribution is 14.0. The van der Waals surface area contributed by atoms with Gasteiger partial charge < -0.3 is 15.1 Å². The van der Waals surface area contributed by atoms with E-state index in [1.54, 1.807) is 0 Å². The molecule has 1 atom stereocenters. The highest BCUT2D eigenvalue weighted by Gasteiger charge is 2.24. The van der Waals surface area contributed by atoms with Crippen molar-refractivity contribution < 1.29 is 4.79 Å². The Kier molecular flexibility index (Phi) is 9.21. The predicted octanol–water partition coefficient (Wildman–Crippen LogP) is 3.38. The maximum absolute atomic E-state index is 12.6. The molecule has 1 unspecified atom stereocenters. The summed E-state index contributed by atoms with van der Waals surface area (Å²) in [6.07, 6.45) is 3.57. The fourth-order valence-corrected chi connectivity index (χ4v) is 4.84. The lowest BCUT2D eigenvalue weighted by Gasteiger charge is -2.34. The zero-order chi connectivity index (χ0) is 18.4. The standard InChI is InChI=1S/C20H30N4OS.HI/c1-3-17-15-23(13-14-26-17)20(21-2)22-11-6-9-19(25)24-12-10-16-7-4-5-8-18(16)24;/h4-5,7-8,17H,3,6,9-15H2,1-2H3,(H,21,22);1H. The van der Waals surface area contributed by atoms with Crippen LogP contribution in [0.25, 0.3) is 0 Å². The monoisotopic (exact) mass is 502 g/mol. The van der Waals surface area contributed by atoms with Gasteiger partial charge in [0.05, 0.1) is 0 Å². The Morgan fingerprint density at radius 3 is 2.93 bits per heavy atom. The third-order valence-corrected chi connectivity index (χ3v) is 6.52. The van der Waals surface area contributed by atoms with Crippen LogP contribution in [0.4, 0.5) is 5.69 Å². The predicted molar refractivity (Wildman–Crippen MR) is 127 cm³/mol. The molecule has 2 aliphatic rings. The Hall–Kier alpha value is -0.960. The molecule has 1 amide bonds. The molecule has 0 aliphatic carbocycles. The second-order valence-electron chi connectivity index (χ2n) is 6.85. The summed E-state index contributed by atoms with van der Waals surface area (Å²) in [4.78, 5) is 21.3. The minimum absolute atomic E-state index is 0. The van der Waals surface area contributed by atoms with Gasteiger partial charge in [-0.1, -0.05) is 25.1 Å². The van der Waals surface area contributed by atoms with Crippen molar-refractivity contribution in [2.75, 3.05) is 43.9 Å². The average Bonchev–Trinajstić information content (AvgIpc) is 3.12. The van der Waals surface area contributed by atoms with Gasteiger partial charge >= 0.3 is 0 Å². The van der Waals surface area contributed by atoms with E-state index in [1.807, 2.05) is 24.1 Å².